The Kier molecular flexibility index (Phi) is 5.59. The maximum absolute atomic E-state index is 12.8. The summed E-state index contributed by atoms with van der Waals surface area (Å²) in [4.78, 5) is 14.3. The molecule has 0 aromatic heterocycles. The molecule has 0 bridgehead atoms. The van der Waals surface area contributed by atoms with Crippen LogP contribution in [0, 0.1) is 5.41 Å². The van der Waals surface area contributed by atoms with Gasteiger partial charge in [0.05, 0.1) is 15.6 Å². The molecular formula is C18H20ClN5O3S. The molecular weight excluding hydrogens is 402 g/mol. The van der Waals surface area contributed by atoms with Gasteiger partial charge in [-0.15, -0.1) is 0 Å². The van der Waals surface area contributed by atoms with Gasteiger partial charge in [0.25, 0.3) is 5.91 Å². The highest BCUT2D eigenvalue weighted by atomic mass is 35.5. The number of sulfonamides is 1. The molecule has 1 aliphatic rings. The average molecular weight is 422 g/mol. The first-order valence-electron chi connectivity index (χ1n) is 8.49. The van der Waals surface area contributed by atoms with Crippen molar-refractivity contribution in [1.82, 2.24) is 9.21 Å². The maximum atomic E-state index is 12.8. The SMILES string of the molecule is N=C(N)c1ccc(C(=O)N2CCN(S(=O)(=O)c3ccc(Cl)c(N)c3)CC2)cc1. The van der Waals surface area contributed by atoms with Crippen molar-refractivity contribution in [2.45, 2.75) is 4.90 Å². The van der Waals surface area contributed by atoms with Crippen molar-refractivity contribution in [3.63, 3.8) is 0 Å². The number of hydrogen-bond acceptors (Lipinski definition) is 5. The summed E-state index contributed by atoms with van der Waals surface area (Å²) < 4.78 is 26.9. The number of hydrogen-bond donors (Lipinski definition) is 3. The van der Waals surface area contributed by atoms with Gasteiger partial charge in [-0.25, -0.2) is 8.42 Å². The van der Waals surface area contributed by atoms with Crippen LogP contribution < -0.4 is 11.5 Å². The minimum Gasteiger partial charge on any atom is -0.397 e. The first-order chi connectivity index (χ1) is 13.2. The molecule has 10 heteroatoms. The van der Waals surface area contributed by atoms with E-state index in [1.165, 1.54) is 22.5 Å². The first kappa shape index (κ1) is 20.1. The Morgan fingerprint density at radius 1 is 1.00 bits per heavy atom. The Morgan fingerprint density at radius 2 is 1.57 bits per heavy atom. The van der Waals surface area contributed by atoms with E-state index in [2.05, 4.69) is 0 Å². The van der Waals surface area contributed by atoms with Gasteiger partial charge in [-0.05, 0) is 30.3 Å². The number of nitrogen functional groups attached to an aromatic ring is 2. The lowest BCUT2D eigenvalue weighted by Crippen LogP contribution is -2.50. The highest BCUT2D eigenvalue weighted by molar-refractivity contribution is 7.89. The summed E-state index contributed by atoms with van der Waals surface area (Å²) in [6.07, 6.45) is 0. The van der Waals surface area contributed by atoms with Crippen molar-refractivity contribution in [2.75, 3.05) is 31.9 Å². The van der Waals surface area contributed by atoms with Gasteiger partial charge in [0.2, 0.25) is 10.0 Å². The van der Waals surface area contributed by atoms with Gasteiger partial charge in [-0.2, -0.15) is 4.31 Å². The third kappa shape index (κ3) is 3.96. The fourth-order valence-electron chi connectivity index (χ4n) is 2.94. The predicted octanol–water partition coefficient (Wildman–Crippen LogP) is 1.35. The highest BCUT2D eigenvalue weighted by Crippen LogP contribution is 2.25. The molecule has 2 aromatic carbocycles. The number of amides is 1. The van der Waals surface area contributed by atoms with Crippen molar-refractivity contribution in [3.8, 4) is 0 Å². The number of anilines is 1. The lowest BCUT2D eigenvalue weighted by atomic mass is 10.1. The summed E-state index contributed by atoms with van der Waals surface area (Å²) in [5, 5.41) is 7.69. The molecule has 1 aliphatic heterocycles. The second kappa shape index (κ2) is 7.78. The molecule has 1 fully saturated rings. The van der Waals surface area contributed by atoms with Crippen LogP contribution in [0.5, 0.6) is 0 Å². The molecule has 1 amide bonds. The summed E-state index contributed by atoms with van der Waals surface area (Å²) >= 11 is 5.86. The zero-order valence-corrected chi connectivity index (χ0v) is 16.5. The van der Waals surface area contributed by atoms with Crippen molar-refractivity contribution < 1.29 is 13.2 Å². The van der Waals surface area contributed by atoms with Crippen LogP contribution in [0.2, 0.25) is 5.02 Å². The summed E-state index contributed by atoms with van der Waals surface area (Å²) in [6, 6.07) is 10.7. The molecule has 0 aliphatic carbocycles. The number of amidine groups is 1. The van der Waals surface area contributed by atoms with Crippen LogP contribution >= 0.6 is 11.6 Å². The van der Waals surface area contributed by atoms with Crippen LogP contribution in [0.15, 0.2) is 47.4 Å². The number of carbonyl (C=O) groups is 1. The lowest BCUT2D eigenvalue weighted by molar-refractivity contribution is 0.0698. The zero-order valence-electron chi connectivity index (χ0n) is 14.9. The van der Waals surface area contributed by atoms with E-state index in [0.29, 0.717) is 16.1 Å². The van der Waals surface area contributed by atoms with E-state index >= 15 is 0 Å². The maximum Gasteiger partial charge on any atom is 0.253 e. The minimum absolute atomic E-state index is 0.0688. The molecule has 3 rings (SSSR count). The van der Waals surface area contributed by atoms with Gasteiger partial charge in [0, 0.05) is 37.3 Å². The molecule has 5 N–H and O–H groups in total. The lowest BCUT2D eigenvalue weighted by Gasteiger charge is -2.34. The average Bonchev–Trinajstić information content (AvgIpc) is 2.69. The molecule has 8 nitrogen and oxygen atoms in total. The third-order valence-electron chi connectivity index (χ3n) is 4.57. The molecule has 0 atom stereocenters. The van der Waals surface area contributed by atoms with Crippen LogP contribution in [-0.4, -0.2) is 55.5 Å². The Bertz CT molecular complexity index is 1020. The number of carbonyl (C=O) groups excluding carboxylic acids is 1. The third-order valence-corrected chi connectivity index (χ3v) is 6.81. The molecule has 1 saturated heterocycles. The van der Waals surface area contributed by atoms with Crippen LogP contribution in [0.25, 0.3) is 0 Å². The summed E-state index contributed by atoms with van der Waals surface area (Å²) in [6.45, 7) is 0.912. The molecule has 28 heavy (non-hydrogen) atoms. The van der Waals surface area contributed by atoms with Crippen molar-refractivity contribution in [2.24, 2.45) is 5.73 Å². The number of piperazine rings is 1. The molecule has 0 radical (unpaired) electrons. The first-order valence-corrected chi connectivity index (χ1v) is 10.3. The number of nitrogens with zero attached hydrogens (tertiary/aromatic N) is 2. The van der Waals surface area contributed by atoms with Gasteiger partial charge in [0.15, 0.2) is 0 Å². The number of nitrogens with one attached hydrogen (secondary N) is 1. The monoisotopic (exact) mass is 421 g/mol. The van der Waals surface area contributed by atoms with Crippen LogP contribution in [0.3, 0.4) is 0 Å². The number of rotatable bonds is 4. The highest BCUT2D eigenvalue weighted by Gasteiger charge is 2.30. The zero-order chi connectivity index (χ0) is 20.5. The fourth-order valence-corrected chi connectivity index (χ4v) is 4.51. The van der Waals surface area contributed by atoms with E-state index in [0.717, 1.165) is 0 Å². The van der Waals surface area contributed by atoms with Gasteiger partial charge >= 0.3 is 0 Å². The molecule has 148 valence electrons. The van der Waals surface area contributed by atoms with E-state index in [1.807, 2.05) is 0 Å². The fraction of sp³-hybridized carbons (Fsp3) is 0.222. The summed E-state index contributed by atoms with van der Waals surface area (Å²) in [5.41, 5.74) is 12.3. The molecule has 2 aromatic rings. The quantitative estimate of drug-likeness (QED) is 0.389. The summed E-state index contributed by atoms with van der Waals surface area (Å²) in [5.74, 6) is -0.261. The van der Waals surface area contributed by atoms with Crippen molar-refractivity contribution >= 4 is 39.1 Å². The number of benzene rings is 2. The van der Waals surface area contributed by atoms with Crippen molar-refractivity contribution in [1.29, 1.82) is 5.41 Å². The van der Waals surface area contributed by atoms with E-state index in [1.54, 1.807) is 29.2 Å². The Balaban J connectivity index is 1.68. The summed E-state index contributed by atoms with van der Waals surface area (Å²) in [7, 11) is -3.71. The van der Waals surface area contributed by atoms with Gasteiger partial charge in [-0.3, -0.25) is 10.2 Å². The second-order valence-corrected chi connectivity index (χ2v) is 8.72. The largest absolute Gasteiger partial charge is 0.397 e. The van der Waals surface area contributed by atoms with Gasteiger partial charge in [0.1, 0.15) is 5.84 Å². The van der Waals surface area contributed by atoms with Crippen LogP contribution in [0.4, 0.5) is 5.69 Å². The molecule has 0 saturated carbocycles. The van der Waals surface area contributed by atoms with E-state index < -0.39 is 10.0 Å². The van der Waals surface area contributed by atoms with Gasteiger partial charge < -0.3 is 16.4 Å². The smallest absolute Gasteiger partial charge is 0.253 e. The van der Waals surface area contributed by atoms with E-state index in [4.69, 9.17) is 28.5 Å². The Morgan fingerprint density at radius 3 is 2.11 bits per heavy atom. The normalized spacial score (nSPS) is 15.4. The van der Waals surface area contributed by atoms with E-state index in [9.17, 15) is 13.2 Å². The molecule has 0 unspecified atom stereocenters. The van der Waals surface area contributed by atoms with Crippen LogP contribution in [0.1, 0.15) is 15.9 Å². The molecule has 0 spiro atoms. The second-order valence-electron chi connectivity index (χ2n) is 6.37. The topological polar surface area (TPSA) is 134 Å². The van der Waals surface area contributed by atoms with Gasteiger partial charge in [-0.1, -0.05) is 23.7 Å². The standard InChI is InChI=1S/C18H20ClN5O3S/c19-15-6-5-14(11-16(15)20)28(26,27)24-9-7-23(8-10-24)18(25)13-3-1-12(2-4-13)17(21)22/h1-6,11H,7-10,20H2,(H3,21,22). The van der Waals surface area contributed by atoms with Crippen LogP contribution in [-0.2, 0) is 10.0 Å². The van der Waals surface area contributed by atoms with Crippen molar-refractivity contribution in [3.05, 3.63) is 58.6 Å². The predicted molar refractivity (Wildman–Crippen MR) is 108 cm³/mol. The Labute approximate surface area is 168 Å². The Hall–Kier alpha value is -2.62. The minimum atomic E-state index is -3.71. The number of halogens is 1. The molecule has 1 heterocycles. The van der Waals surface area contributed by atoms with E-state index in [-0.39, 0.29) is 48.5 Å². The number of nitrogens with two attached hydrogens (primary N) is 2.